The van der Waals surface area contributed by atoms with E-state index >= 15 is 0 Å². The van der Waals surface area contributed by atoms with Crippen molar-refractivity contribution in [2.75, 3.05) is 19.5 Å². The molecule has 9 heteroatoms. The normalized spacial score (nSPS) is 10.1. The fourth-order valence-corrected chi connectivity index (χ4v) is 2.07. The van der Waals surface area contributed by atoms with Gasteiger partial charge in [0, 0.05) is 6.92 Å². The predicted molar refractivity (Wildman–Crippen MR) is 81.9 cm³/mol. The Balaban J connectivity index is 2.70. The van der Waals surface area contributed by atoms with Gasteiger partial charge in [0.2, 0.25) is 11.5 Å². The van der Waals surface area contributed by atoms with Crippen LogP contribution >= 0.6 is 0 Å². The number of carboxylic acid groups (broad SMARTS) is 1. The van der Waals surface area contributed by atoms with Crippen LogP contribution in [0.1, 0.15) is 6.92 Å². The van der Waals surface area contributed by atoms with Crippen LogP contribution in [0.2, 0.25) is 0 Å². The number of hydrogen-bond donors (Lipinski definition) is 3. The molecular formula is C15H15NO8. The number of benzene rings is 1. The van der Waals surface area contributed by atoms with Gasteiger partial charge in [-0.2, -0.15) is 0 Å². The Hall–Kier alpha value is -3.36. The summed E-state index contributed by atoms with van der Waals surface area (Å²) in [6, 6.07) is 4.84. The lowest BCUT2D eigenvalue weighted by atomic mass is 10.1. The van der Waals surface area contributed by atoms with Crippen LogP contribution in [0, 0.1) is 0 Å². The second kappa shape index (κ2) is 6.82. The van der Waals surface area contributed by atoms with E-state index in [-0.39, 0.29) is 11.3 Å². The average molecular weight is 337 g/mol. The molecule has 1 heterocycles. The Labute approximate surface area is 136 Å². The van der Waals surface area contributed by atoms with E-state index in [9.17, 15) is 14.7 Å². The zero-order valence-corrected chi connectivity index (χ0v) is 13.1. The number of furan rings is 1. The number of nitrogens with one attached hydrogen (secondary N) is 1. The summed E-state index contributed by atoms with van der Waals surface area (Å²) in [6.45, 7) is 1.10. The Morgan fingerprint density at radius 2 is 1.75 bits per heavy atom. The topological polar surface area (TPSA) is 127 Å². The van der Waals surface area contributed by atoms with Gasteiger partial charge < -0.3 is 28.8 Å². The van der Waals surface area contributed by atoms with Crippen LogP contribution < -0.4 is 19.5 Å². The van der Waals surface area contributed by atoms with E-state index < -0.39 is 29.4 Å². The standard InChI is InChI=1S/C15H15NO8/c1-7(17)23-13-11(18)12(24-14(13)16-15(19)20)10-8(21-2)5-4-6-9(10)22-3/h4-6,16,18H,1-3H3,(H,19,20). The first kappa shape index (κ1) is 17.0. The van der Waals surface area contributed by atoms with Crippen LogP contribution in [0.3, 0.4) is 0 Å². The maximum atomic E-state index is 11.2. The van der Waals surface area contributed by atoms with Crippen molar-refractivity contribution in [2.24, 2.45) is 0 Å². The monoisotopic (exact) mass is 337 g/mol. The van der Waals surface area contributed by atoms with Crippen molar-refractivity contribution in [2.45, 2.75) is 6.92 Å². The van der Waals surface area contributed by atoms with E-state index in [1.165, 1.54) is 14.2 Å². The minimum absolute atomic E-state index is 0.177. The van der Waals surface area contributed by atoms with Crippen molar-refractivity contribution in [1.82, 2.24) is 0 Å². The Morgan fingerprint density at radius 1 is 1.17 bits per heavy atom. The number of esters is 1. The SMILES string of the molecule is COc1cccc(OC)c1-c1oc(NC(=O)O)c(OC(C)=O)c1O. The Kier molecular flexibility index (Phi) is 4.83. The number of anilines is 1. The molecule has 0 spiro atoms. The maximum absolute atomic E-state index is 11.2. The lowest BCUT2D eigenvalue weighted by Crippen LogP contribution is -2.09. The highest BCUT2D eigenvalue weighted by Crippen LogP contribution is 2.51. The first-order chi connectivity index (χ1) is 11.4. The lowest BCUT2D eigenvalue weighted by Gasteiger charge is -2.11. The van der Waals surface area contributed by atoms with Gasteiger partial charge in [-0.05, 0) is 12.1 Å². The highest BCUT2D eigenvalue weighted by Gasteiger charge is 2.29. The number of carbonyl (C=O) groups excluding carboxylic acids is 1. The fourth-order valence-electron chi connectivity index (χ4n) is 2.07. The molecule has 0 saturated heterocycles. The van der Waals surface area contributed by atoms with Crippen molar-refractivity contribution in [3.63, 3.8) is 0 Å². The van der Waals surface area contributed by atoms with Gasteiger partial charge in [0.05, 0.1) is 14.2 Å². The quantitative estimate of drug-likeness (QED) is 0.711. The Morgan fingerprint density at radius 3 is 2.21 bits per heavy atom. The third kappa shape index (κ3) is 3.19. The van der Waals surface area contributed by atoms with Crippen molar-refractivity contribution >= 4 is 17.9 Å². The van der Waals surface area contributed by atoms with E-state index in [0.29, 0.717) is 11.5 Å². The fraction of sp³-hybridized carbons (Fsp3) is 0.200. The van der Waals surface area contributed by atoms with E-state index in [1.54, 1.807) is 18.2 Å². The number of methoxy groups -OCH3 is 2. The molecule has 0 bridgehead atoms. The third-order valence-corrected chi connectivity index (χ3v) is 2.96. The van der Waals surface area contributed by atoms with E-state index in [2.05, 4.69) is 0 Å². The number of hydrogen-bond acceptors (Lipinski definition) is 7. The van der Waals surface area contributed by atoms with Crippen molar-refractivity contribution in [3.05, 3.63) is 18.2 Å². The van der Waals surface area contributed by atoms with E-state index in [4.69, 9.17) is 23.7 Å². The zero-order chi connectivity index (χ0) is 17.9. The first-order valence-electron chi connectivity index (χ1n) is 6.64. The van der Waals surface area contributed by atoms with Gasteiger partial charge in [0.15, 0.2) is 5.76 Å². The van der Waals surface area contributed by atoms with Gasteiger partial charge in [-0.3, -0.25) is 10.1 Å². The van der Waals surface area contributed by atoms with Gasteiger partial charge in [-0.15, -0.1) is 0 Å². The smallest absolute Gasteiger partial charge is 0.411 e. The summed E-state index contributed by atoms with van der Waals surface area (Å²) >= 11 is 0. The second-order valence-electron chi connectivity index (χ2n) is 4.50. The summed E-state index contributed by atoms with van der Waals surface area (Å²) < 4.78 is 20.6. The van der Waals surface area contributed by atoms with Crippen molar-refractivity contribution in [1.29, 1.82) is 0 Å². The van der Waals surface area contributed by atoms with Gasteiger partial charge in [0.1, 0.15) is 17.1 Å². The Bertz CT molecular complexity index is 758. The summed E-state index contributed by atoms with van der Waals surface area (Å²) in [4.78, 5) is 22.1. The number of ether oxygens (including phenoxy) is 3. The van der Waals surface area contributed by atoms with Crippen molar-refractivity contribution < 1.29 is 38.4 Å². The number of rotatable bonds is 5. The highest BCUT2D eigenvalue weighted by atomic mass is 16.6. The first-order valence-corrected chi connectivity index (χ1v) is 6.64. The van der Waals surface area contributed by atoms with Crippen LogP contribution in [0.5, 0.6) is 23.0 Å². The van der Waals surface area contributed by atoms with Crippen LogP contribution in [-0.2, 0) is 4.79 Å². The number of amides is 1. The van der Waals surface area contributed by atoms with Crippen LogP contribution in [0.4, 0.5) is 10.7 Å². The van der Waals surface area contributed by atoms with Gasteiger partial charge >= 0.3 is 12.1 Å². The van der Waals surface area contributed by atoms with Crippen LogP contribution in [-0.4, -0.2) is 36.5 Å². The van der Waals surface area contributed by atoms with Gasteiger partial charge in [-0.25, -0.2) is 4.79 Å². The van der Waals surface area contributed by atoms with E-state index in [1.807, 2.05) is 5.32 Å². The summed E-state index contributed by atoms with van der Waals surface area (Å²) in [5, 5.41) is 21.1. The molecular weight excluding hydrogens is 322 g/mol. The molecule has 0 fully saturated rings. The summed E-state index contributed by atoms with van der Waals surface area (Å²) in [6.07, 6.45) is -1.46. The summed E-state index contributed by atoms with van der Waals surface area (Å²) in [5.41, 5.74) is 0.229. The molecule has 0 radical (unpaired) electrons. The summed E-state index contributed by atoms with van der Waals surface area (Å²) in [7, 11) is 2.81. The molecule has 2 rings (SSSR count). The molecule has 9 nitrogen and oxygen atoms in total. The molecule has 0 aliphatic heterocycles. The molecule has 2 aromatic rings. The largest absolute Gasteiger partial charge is 0.502 e. The molecule has 0 saturated carbocycles. The molecule has 1 aromatic heterocycles. The molecule has 128 valence electrons. The molecule has 1 amide bonds. The van der Waals surface area contributed by atoms with E-state index in [0.717, 1.165) is 6.92 Å². The predicted octanol–water partition coefficient (Wildman–Crippen LogP) is 2.68. The van der Waals surface area contributed by atoms with Gasteiger partial charge in [0.25, 0.3) is 5.88 Å². The molecule has 0 aliphatic carbocycles. The minimum atomic E-state index is -1.46. The van der Waals surface area contributed by atoms with Gasteiger partial charge in [-0.1, -0.05) is 6.07 Å². The highest BCUT2D eigenvalue weighted by molar-refractivity contribution is 5.89. The third-order valence-electron chi connectivity index (χ3n) is 2.96. The van der Waals surface area contributed by atoms with Crippen LogP contribution in [0.25, 0.3) is 11.3 Å². The second-order valence-corrected chi connectivity index (χ2v) is 4.50. The molecule has 0 aliphatic rings. The molecule has 24 heavy (non-hydrogen) atoms. The maximum Gasteiger partial charge on any atom is 0.411 e. The number of aromatic hydroxyl groups is 1. The minimum Gasteiger partial charge on any atom is -0.502 e. The molecule has 3 N–H and O–H groups in total. The molecule has 1 aromatic carbocycles. The average Bonchev–Trinajstić information content (AvgIpc) is 2.81. The molecule has 0 atom stereocenters. The van der Waals surface area contributed by atoms with Crippen molar-refractivity contribution in [3.8, 4) is 34.3 Å². The number of carbonyl (C=O) groups is 2. The molecule has 0 unspecified atom stereocenters. The van der Waals surface area contributed by atoms with Crippen LogP contribution in [0.15, 0.2) is 22.6 Å². The zero-order valence-electron chi connectivity index (χ0n) is 13.1. The summed E-state index contributed by atoms with van der Waals surface area (Å²) in [5.74, 6) is -1.81. The lowest BCUT2D eigenvalue weighted by molar-refractivity contribution is -0.132.